The molecule has 4 atom stereocenters. The van der Waals surface area contributed by atoms with Crippen LogP contribution in [-0.4, -0.2) is 29.6 Å². The largest absolute Gasteiger partial charge is 0.493 e. The Balaban J connectivity index is 1.39. The van der Waals surface area contributed by atoms with Crippen LogP contribution in [-0.2, 0) is 26.7 Å². The third kappa shape index (κ3) is 4.00. The number of amides is 2. The van der Waals surface area contributed by atoms with E-state index in [1.165, 1.54) is 18.2 Å². The Morgan fingerprint density at radius 2 is 1.66 bits per heavy atom. The summed E-state index contributed by atoms with van der Waals surface area (Å²) < 4.78 is 90.7. The maximum absolute atomic E-state index is 13.5. The first-order valence-electron chi connectivity index (χ1n) is 11.7. The molecule has 3 fully saturated rings. The summed E-state index contributed by atoms with van der Waals surface area (Å²) in [6.45, 7) is 1.66. The summed E-state index contributed by atoms with van der Waals surface area (Å²) in [5.41, 5.74) is -5.12. The van der Waals surface area contributed by atoms with Crippen molar-refractivity contribution in [3.63, 3.8) is 0 Å². The molecule has 0 N–H and O–H groups in total. The number of fused-ring (bicyclic) bond motifs is 5. The van der Waals surface area contributed by atoms with Crippen LogP contribution in [0.2, 0.25) is 0 Å². The molecule has 0 saturated carbocycles. The maximum atomic E-state index is 13.5. The zero-order chi connectivity index (χ0) is 27.7. The van der Waals surface area contributed by atoms with Gasteiger partial charge in [0.15, 0.2) is 0 Å². The van der Waals surface area contributed by atoms with Gasteiger partial charge in [0.1, 0.15) is 5.75 Å². The van der Waals surface area contributed by atoms with Crippen molar-refractivity contribution in [1.82, 2.24) is 0 Å². The van der Waals surface area contributed by atoms with E-state index >= 15 is 0 Å². The average molecular weight is 538 g/mol. The van der Waals surface area contributed by atoms with E-state index in [-0.39, 0.29) is 24.5 Å². The van der Waals surface area contributed by atoms with Gasteiger partial charge in [-0.1, -0.05) is 0 Å². The predicted molar refractivity (Wildman–Crippen MR) is 119 cm³/mol. The van der Waals surface area contributed by atoms with Gasteiger partial charge in [-0.2, -0.15) is 31.6 Å². The third-order valence-electron chi connectivity index (χ3n) is 7.67. The van der Waals surface area contributed by atoms with E-state index in [1.807, 2.05) is 0 Å². The number of hydrogen-bond donors (Lipinski definition) is 0. The first-order chi connectivity index (χ1) is 17.7. The molecule has 200 valence electrons. The molecule has 2 bridgehead atoms. The fraction of sp³-hybridized carbons (Fsp3) is 0.423. The number of nitriles is 1. The summed E-state index contributed by atoms with van der Waals surface area (Å²) in [5.74, 6) is -3.08. The molecular weight excluding hydrogens is 518 g/mol. The van der Waals surface area contributed by atoms with Crippen LogP contribution in [0.4, 0.5) is 32.0 Å². The van der Waals surface area contributed by atoms with Gasteiger partial charge in [-0.05, 0) is 62.2 Å². The number of ether oxygens (including phenoxy) is 2. The van der Waals surface area contributed by atoms with Gasteiger partial charge in [0.25, 0.3) is 0 Å². The van der Waals surface area contributed by atoms with Gasteiger partial charge in [-0.15, -0.1) is 0 Å². The number of anilines is 1. The number of nitrogens with zero attached hydrogens (tertiary/aromatic N) is 2. The van der Waals surface area contributed by atoms with Gasteiger partial charge < -0.3 is 9.47 Å². The maximum Gasteiger partial charge on any atom is 0.417 e. The van der Waals surface area contributed by atoms with Crippen molar-refractivity contribution in [2.75, 3.05) is 11.5 Å². The first-order valence-corrected chi connectivity index (χ1v) is 11.7. The van der Waals surface area contributed by atoms with Crippen LogP contribution in [0.15, 0.2) is 42.5 Å². The van der Waals surface area contributed by atoms with Crippen molar-refractivity contribution in [2.45, 2.75) is 49.7 Å². The molecule has 3 aliphatic heterocycles. The van der Waals surface area contributed by atoms with Crippen molar-refractivity contribution in [3.8, 4) is 11.8 Å². The van der Waals surface area contributed by atoms with E-state index in [0.29, 0.717) is 18.9 Å². The summed E-state index contributed by atoms with van der Waals surface area (Å²) in [5, 5.41) is 9.06. The molecule has 0 aliphatic carbocycles. The molecule has 12 heteroatoms. The van der Waals surface area contributed by atoms with E-state index in [1.54, 1.807) is 6.92 Å². The van der Waals surface area contributed by atoms with E-state index < -0.39 is 63.9 Å². The third-order valence-corrected chi connectivity index (χ3v) is 7.67. The van der Waals surface area contributed by atoms with Crippen molar-refractivity contribution in [3.05, 3.63) is 59.2 Å². The van der Waals surface area contributed by atoms with Crippen molar-refractivity contribution in [1.29, 1.82) is 5.26 Å². The number of halogens is 6. The van der Waals surface area contributed by atoms with Crippen LogP contribution >= 0.6 is 0 Å². The van der Waals surface area contributed by atoms with Gasteiger partial charge in [-0.25, -0.2) is 4.90 Å². The van der Waals surface area contributed by atoms with E-state index in [0.717, 1.165) is 29.2 Å². The lowest BCUT2D eigenvalue weighted by Crippen LogP contribution is -2.43. The molecule has 3 heterocycles. The van der Waals surface area contributed by atoms with Crippen LogP contribution in [0.3, 0.4) is 0 Å². The highest BCUT2D eigenvalue weighted by Gasteiger charge is 2.73. The topological polar surface area (TPSA) is 79.6 Å². The van der Waals surface area contributed by atoms with Crippen LogP contribution in [0.1, 0.15) is 42.9 Å². The van der Waals surface area contributed by atoms with Crippen LogP contribution < -0.4 is 9.64 Å². The van der Waals surface area contributed by atoms with Gasteiger partial charge >= 0.3 is 12.4 Å². The summed E-state index contributed by atoms with van der Waals surface area (Å²) >= 11 is 0. The lowest BCUT2D eigenvalue weighted by molar-refractivity contribution is -0.138. The monoisotopic (exact) mass is 538 g/mol. The van der Waals surface area contributed by atoms with E-state index in [9.17, 15) is 35.9 Å². The normalized spacial score (nSPS) is 28.5. The quantitative estimate of drug-likeness (QED) is 0.372. The molecule has 5 rings (SSSR count). The smallest absolute Gasteiger partial charge is 0.417 e. The number of alkyl halides is 6. The van der Waals surface area contributed by atoms with Crippen molar-refractivity contribution < 1.29 is 45.4 Å². The molecule has 2 amide bonds. The zero-order valence-electron chi connectivity index (χ0n) is 19.8. The van der Waals surface area contributed by atoms with Gasteiger partial charge in [0.2, 0.25) is 11.8 Å². The highest BCUT2D eigenvalue weighted by molar-refractivity contribution is 6.23. The molecule has 0 aromatic heterocycles. The predicted octanol–water partition coefficient (Wildman–Crippen LogP) is 5.49. The van der Waals surface area contributed by atoms with Crippen molar-refractivity contribution in [2.24, 2.45) is 11.8 Å². The van der Waals surface area contributed by atoms with E-state index in [4.69, 9.17) is 14.7 Å². The Kier molecular flexibility index (Phi) is 5.80. The number of carbonyl (C=O) groups excluding carboxylic acids is 2. The minimum atomic E-state index is -4.87. The second-order valence-electron chi connectivity index (χ2n) is 9.91. The summed E-state index contributed by atoms with van der Waals surface area (Å²) in [6.07, 6.45) is -8.39. The van der Waals surface area contributed by atoms with Crippen LogP contribution in [0.25, 0.3) is 0 Å². The lowest BCUT2D eigenvalue weighted by Gasteiger charge is -2.31. The van der Waals surface area contributed by atoms with Crippen LogP contribution in [0, 0.1) is 23.2 Å². The summed E-state index contributed by atoms with van der Waals surface area (Å²) in [6, 6.07) is 8.26. The highest BCUT2D eigenvalue weighted by Crippen LogP contribution is 2.62. The minimum Gasteiger partial charge on any atom is -0.493 e. The summed E-state index contributed by atoms with van der Waals surface area (Å²) in [4.78, 5) is 27.7. The Morgan fingerprint density at radius 3 is 2.26 bits per heavy atom. The molecule has 0 spiro atoms. The Hall–Kier alpha value is -3.59. The van der Waals surface area contributed by atoms with Crippen LogP contribution in [0.5, 0.6) is 5.75 Å². The molecule has 3 saturated heterocycles. The minimum absolute atomic E-state index is 0.0266. The molecule has 2 aromatic carbocycles. The zero-order valence-corrected chi connectivity index (χ0v) is 19.8. The number of carbonyl (C=O) groups is 2. The van der Waals surface area contributed by atoms with Crippen molar-refractivity contribution >= 4 is 17.5 Å². The number of hydrogen-bond acceptors (Lipinski definition) is 5. The molecule has 3 aliphatic rings. The molecule has 6 nitrogen and oxygen atoms in total. The Labute approximate surface area is 212 Å². The Morgan fingerprint density at radius 1 is 1.00 bits per heavy atom. The molecule has 0 radical (unpaired) electrons. The molecular formula is C26H20F6N2O4. The fourth-order valence-electron chi connectivity index (χ4n) is 5.95. The molecule has 0 unspecified atom stereocenters. The first kappa shape index (κ1) is 26.0. The SMILES string of the molecule is C[C@@]12CC[C@@](CCOc3ccc(C(F)(F)F)cc3)(O1)[C@H]1C(=O)N(c3ccc(C#N)c(C(F)(F)F)c3)C(=O)[C@H]12. The molecule has 38 heavy (non-hydrogen) atoms. The van der Waals surface area contributed by atoms with Gasteiger partial charge in [0.05, 0.1) is 58.1 Å². The number of benzene rings is 2. The Bertz CT molecular complexity index is 1350. The fourth-order valence-corrected chi connectivity index (χ4v) is 5.95. The second kappa shape index (κ2) is 8.46. The van der Waals surface area contributed by atoms with E-state index in [2.05, 4.69) is 0 Å². The number of imide groups is 1. The average Bonchev–Trinajstić information content (AvgIpc) is 3.42. The summed E-state index contributed by atoms with van der Waals surface area (Å²) in [7, 11) is 0. The second-order valence-corrected chi connectivity index (χ2v) is 9.91. The van der Waals surface area contributed by atoms with Gasteiger partial charge in [-0.3, -0.25) is 9.59 Å². The number of rotatable bonds is 5. The van der Waals surface area contributed by atoms with Gasteiger partial charge in [0, 0.05) is 6.42 Å². The molecule has 2 aromatic rings. The lowest BCUT2D eigenvalue weighted by atomic mass is 9.67. The highest BCUT2D eigenvalue weighted by atomic mass is 19.4. The standard InChI is InChI=1S/C26H20F6N2O4/c1-23-8-9-24(38-23,10-11-37-17-6-3-15(4-7-17)25(27,28)29)20-19(23)21(35)34(22(20)36)16-5-2-14(13-33)18(12-16)26(30,31)32/h2-7,12,19-20H,8-11H2,1H3/t19-,20+,23-,24-/m0/s1.